The van der Waals surface area contributed by atoms with Gasteiger partial charge in [-0.2, -0.15) is 0 Å². The number of carboxylic acids is 1. The van der Waals surface area contributed by atoms with Crippen LogP contribution >= 0.6 is 0 Å². The SMILES string of the molecule is COCCC(Cc1ccco1)NC(=O)NCCC(=O)O. The topological polar surface area (TPSA) is 101 Å². The van der Waals surface area contributed by atoms with Crippen LogP contribution in [0.4, 0.5) is 4.79 Å². The van der Waals surface area contributed by atoms with Crippen molar-refractivity contribution in [2.45, 2.75) is 25.3 Å². The molecule has 0 aliphatic rings. The van der Waals surface area contributed by atoms with Gasteiger partial charge in [-0.15, -0.1) is 0 Å². The Morgan fingerprint density at radius 1 is 1.50 bits per heavy atom. The van der Waals surface area contributed by atoms with Crippen LogP contribution < -0.4 is 10.6 Å². The zero-order valence-electron chi connectivity index (χ0n) is 11.4. The molecule has 0 radical (unpaired) electrons. The maximum absolute atomic E-state index is 11.6. The van der Waals surface area contributed by atoms with Gasteiger partial charge in [-0.1, -0.05) is 0 Å². The molecule has 0 spiro atoms. The van der Waals surface area contributed by atoms with Crippen molar-refractivity contribution in [2.75, 3.05) is 20.3 Å². The van der Waals surface area contributed by atoms with Gasteiger partial charge in [0.25, 0.3) is 0 Å². The van der Waals surface area contributed by atoms with Gasteiger partial charge < -0.3 is 24.9 Å². The standard InChI is InChI=1S/C13H20N2O5/c1-19-8-5-10(9-11-3-2-7-20-11)15-13(18)14-6-4-12(16)17/h2-3,7,10H,4-6,8-9H2,1H3,(H,16,17)(H2,14,15,18). The first-order valence-electron chi connectivity index (χ1n) is 6.39. The molecule has 1 aromatic heterocycles. The molecular formula is C13H20N2O5. The smallest absolute Gasteiger partial charge is 0.315 e. The molecule has 1 unspecified atom stereocenters. The predicted molar refractivity (Wildman–Crippen MR) is 71.5 cm³/mol. The number of rotatable bonds is 9. The van der Waals surface area contributed by atoms with E-state index < -0.39 is 5.97 Å². The lowest BCUT2D eigenvalue weighted by molar-refractivity contribution is -0.136. The number of carbonyl (C=O) groups is 2. The number of furan rings is 1. The Kier molecular flexibility index (Phi) is 7.20. The summed E-state index contributed by atoms with van der Waals surface area (Å²) < 4.78 is 10.3. The van der Waals surface area contributed by atoms with Crippen LogP contribution in [-0.4, -0.2) is 43.4 Å². The Hall–Kier alpha value is -2.02. The summed E-state index contributed by atoms with van der Waals surface area (Å²) in [5.74, 6) is -0.172. The molecule has 1 heterocycles. The number of urea groups is 1. The number of methoxy groups -OCH3 is 1. The van der Waals surface area contributed by atoms with Crippen LogP contribution in [-0.2, 0) is 16.0 Å². The first-order valence-corrected chi connectivity index (χ1v) is 6.39. The number of carboxylic acid groups (broad SMARTS) is 1. The summed E-state index contributed by atoms with van der Waals surface area (Å²) in [4.78, 5) is 22.0. The number of hydrogen-bond donors (Lipinski definition) is 3. The van der Waals surface area contributed by atoms with Gasteiger partial charge in [0.05, 0.1) is 12.7 Å². The average molecular weight is 284 g/mol. The van der Waals surface area contributed by atoms with E-state index in [1.807, 2.05) is 6.07 Å². The van der Waals surface area contributed by atoms with Crippen LogP contribution in [0.1, 0.15) is 18.6 Å². The van der Waals surface area contributed by atoms with Gasteiger partial charge in [0.15, 0.2) is 0 Å². The van der Waals surface area contributed by atoms with Crippen molar-refractivity contribution in [3.8, 4) is 0 Å². The normalized spacial score (nSPS) is 11.8. The fourth-order valence-corrected chi connectivity index (χ4v) is 1.68. The molecule has 1 atom stereocenters. The lowest BCUT2D eigenvalue weighted by Gasteiger charge is -2.17. The number of carbonyl (C=O) groups excluding carboxylic acids is 1. The average Bonchev–Trinajstić information content (AvgIpc) is 2.88. The van der Waals surface area contributed by atoms with E-state index in [0.29, 0.717) is 19.4 Å². The Morgan fingerprint density at radius 3 is 2.90 bits per heavy atom. The maximum atomic E-state index is 11.6. The van der Waals surface area contributed by atoms with Gasteiger partial charge in [-0.3, -0.25) is 4.79 Å². The fourth-order valence-electron chi connectivity index (χ4n) is 1.68. The van der Waals surface area contributed by atoms with E-state index in [1.54, 1.807) is 19.4 Å². The highest BCUT2D eigenvalue weighted by Gasteiger charge is 2.14. The van der Waals surface area contributed by atoms with Crippen LogP contribution in [0.15, 0.2) is 22.8 Å². The molecule has 0 aromatic carbocycles. The Balaban J connectivity index is 2.38. The number of aliphatic carboxylic acids is 1. The first kappa shape index (κ1) is 16.0. The summed E-state index contributed by atoms with van der Waals surface area (Å²) in [7, 11) is 1.59. The summed E-state index contributed by atoms with van der Waals surface area (Å²) >= 11 is 0. The predicted octanol–water partition coefficient (Wildman–Crippen LogP) is 1.00. The number of amides is 2. The molecule has 7 nitrogen and oxygen atoms in total. The molecule has 1 rings (SSSR count). The highest BCUT2D eigenvalue weighted by Crippen LogP contribution is 2.07. The van der Waals surface area contributed by atoms with Crippen molar-refractivity contribution in [1.29, 1.82) is 0 Å². The van der Waals surface area contributed by atoms with Crippen molar-refractivity contribution in [3.05, 3.63) is 24.2 Å². The lowest BCUT2D eigenvalue weighted by Crippen LogP contribution is -2.44. The molecule has 0 aliphatic heterocycles. The van der Waals surface area contributed by atoms with Gasteiger partial charge in [-0.05, 0) is 18.6 Å². The first-order chi connectivity index (χ1) is 9.61. The third-order valence-corrected chi connectivity index (χ3v) is 2.66. The zero-order chi connectivity index (χ0) is 14.8. The van der Waals surface area contributed by atoms with E-state index in [2.05, 4.69) is 10.6 Å². The summed E-state index contributed by atoms with van der Waals surface area (Å²) in [6.45, 7) is 0.611. The molecule has 2 amide bonds. The highest BCUT2D eigenvalue weighted by molar-refractivity contribution is 5.75. The molecule has 0 bridgehead atoms. The van der Waals surface area contributed by atoms with E-state index in [4.69, 9.17) is 14.3 Å². The fraction of sp³-hybridized carbons (Fsp3) is 0.538. The third kappa shape index (κ3) is 6.79. The minimum atomic E-state index is -0.947. The second-order valence-electron chi connectivity index (χ2n) is 4.31. The monoisotopic (exact) mass is 284 g/mol. The van der Waals surface area contributed by atoms with Crippen molar-refractivity contribution in [2.24, 2.45) is 0 Å². The Bertz CT molecular complexity index is 405. The van der Waals surface area contributed by atoms with Crippen molar-refractivity contribution < 1.29 is 23.8 Å². The van der Waals surface area contributed by atoms with Crippen LogP contribution in [0.25, 0.3) is 0 Å². The van der Waals surface area contributed by atoms with Gasteiger partial charge in [0.1, 0.15) is 5.76 Å². The van der Waals surface area contributed by atoms with Gasteiger partial charge in [0.2, 0.25) is 0 Å². The van der Waals surface area contributed by atoms with Gasteiger partial charge >= 0.3 is 12.0 Å². The summed E-state index contributed by atoms with van der Waals surface area (Å²) in [5, 5.41) is 13.8. The molecule has 0 aliphatic carbocycles. The number of nitrogens with one attached hydrogen (secondary N) is 2. The second-order valence-corrected chi connectivity index (χ2v) is 4.31. The zero-order valence-corrected chi connectivity index (χ0v) is 11.4. The Labute approximate surface area is 117 Å². The highest BCUT2D eigenvalue weighted by atomic mass is 16.5. The van der Waals surface area contributed by atoms with Crippen LogP contribution in [0.2, 0.25) is 0 Å². The van der Waals surface area contributed by atoms with Gasteiger partial charge in [0, 0.05) is 32.7 Å². The molecule has 20 heavy (non-hydrogen) atoms. The van der Waals surface area contributed by atoms with E-state index in [0.717, 1.165) is 5.76 Å². The van der Waals surface area contributed by atoms with Crippen molar-refractivity contribution in [3.63, 3.8) is 0 Å². The molecule has 112 valence electrons. The van der Waals surface area contributed by atoms with Crippen LogP contribution in [0.3, 0.4) is 0 Å². The van der Waals surface area contributed by atoms with Crippen molar-refractivity contribution >= 4 is 12.0 Å². The molecular weight excluding hydrogens is 264 g/mol. The summed E-state index contributed by atoms with van der Waals surface area (Å²) in [5.41, 5.74) is 0. The van der Waals surface area contributed by atoms with E-state index >= 15 is 0 Å². The maximum Gasteiger partial charge on any atom is 0.315 e. The number of ether oxygens (including phenoxy) is 1. The Morgan fingerprint density at radius 2 is 2.30 bits per heavy atom. The second kappa shape index (κ2) is 8.98. The molecule has 0 fully saturated rings. The molecule has 0 saturated carbocycles. The molecule has 0 saturated heterocycles. The van der Waals surface area contributed by atoms with E-state index in [-0.39, 0.29) is 25.0 Å². The molecule has 3 N–H and O–H groups in total. The van der Waals surface area contributed by atoms with E-state index in [9.17, 15) is 9.59 Å². The summed E-state index contributed by atoms with van der Waals surface area (Å²) in [6.07, 6.45) is 2.68. The van der Waals surface area contributed by atoms with Gasteiger partial charge in [-0.25, -0.2) is 4.79 Å². The van der Waals surface area contributed by atoms with Crippen molar-refractivity contribution in [1.82, 2.24) is 10.6 Å². The lowest BCUT2D eigenvalue weighted by atomic mass is 10.1. The minimum Gasteiger partial charge on any atom is -0.481 e. The largest absolute Gasteiger partial charge is 0.481 e. The minimum absolute atomic E-state index is 0.0961. The molecule has 7 heteroatoms. The van der Waals surface area contributed by atoms with Crippen LogP contribution in [0, 0.1) is 0 Å². The third-order valence-electron chi connectivity index (χ3n) is 2.66. The quantitative estimate of drug-likeness (QED) is 0.628. The number of hydrogen-bond acceptors (Lipinski definition) is 4. The summed E-state index contributed by atoms with van der Waals surface area (Å²) in [6, 6.07) is 3.10. The van der Waals surface area contributed by atoms with Crippen LogP contribution in [0.5, 0.6) is 0 Å². The molecule has 1 aromatic rings. The van der Waals surface area contributed by atoms with E-state index in [1.165, 1.54) is 0 Å².